The molecule has 0 spiro atoms. The van der Waals surface area contributed by atoms with Gasteiger partial charge in [-0.2, -0.15) is 0 Å². The molecular formula is C20H22N2O3. The number of nitrogens with zero attached hydrogens (tertiary/aromatic N) is 1. The first-order valence-electron chi connectivity index (χ1n) is 8.51. The van der Waals surface area contributed by atoms with E-state index in [1.165, 1.54) is 5.56 Å². The van der Waals surface area contributed by atoms with E-state index in [2.05, 4.69) is 5.32 Å². The molecule has 2 aromatic carbocycles. The first-order valence-corrected chi connectivity index (χ1v) is 8.51. The summed E-state index contributed by atoms with van der Waals surface area (Å²) >= 11 is 0. The minimum Gasteiger partial charge on any atom is -0.508 e. The fourth-order valence-electron chi connectivity index (χ4n) is 3.10. The van der Waals surface area contributed by atoms with Crippen LogP contribution in [0.3, 0.4) is 0 Å². The van der Waals surface area contributed by atoms with E-state index in [1.54, 1.807) is 36.1 Å². The molecule has 0 aromatic heterocycles. The van der Waals surface area contributed by atoms with Crippen LogP contribution in [0.4, 0.5) is 5.69 Å². The maximum Gasteiger partial charge on any atom is 0.249 e. The van der Waals surface area contributed by atoms with Crippen molar-refractivity contribution in [3.05, 3.63) is 59.7 Å². The number of rotatable bonds is 5. The van der Waals surface area contributed by atoms with Crippen molar-refractivity contribution in [3.63, 3.8) is 0 Å². The number of aromatic hydroxyl groups is 1. The van der Waals surface area contributed by atoms with Crippen LogP contribution in [0, 0.1) is 0 Å². The molecule has 2 aromatic rings. The Labute approximate surface area is 147 Å². The van der Waals surface area contributed by atoms with Crippen LogP contribution >= 0.6 is 0 Å². The van der Waals surface area contributed by atoms with Gasteiger partial charge in [-0.15, -0.1) is 0 Å². The van der Waals surface area contributed by atoms with Crippen LogP contribution in [0.2, 0.25) is 0 Å². The monoisotopic (exact) mass is 338 g/mol. The van der Waals surface area contributed by atoms with Crippen LogP contribution in [0.5, 0.6) is 5.75 Å². The summed E-state index contributed by atoms with van der Waals surface area (Å²) in [7, 11) is 0. The maximum atomic E-state index is 12.6. The summed E-state index contributed by atoms with van der Waals surface area (Å²) in [5, 5.41) is 12.1. The van der Waals surface area contributed by atoms with Crippen LogP contribution in [0.1, 0.15) is 24.5 Å². The SMILES string of the molecule is CC(NC(=O)CCc1ccc(O)cc1)C(=O)N1CCc2ccccc21. The molecule has 0 aliphatic carbocycles. The van der Waals surface area contributed by atoms with Crippen molar-refractivity contribution in [1.29, 1.82) is 0 Å². The summed E-state index contributed by atoms with van der Waals surface area (Å²) < 4.78 is 0. The predicted molar refractivity (Wildman–Crippen MR) is 96.5 cm³/mol. The van der Waals surface area contributed by atoms with Crippen molar-refractivity contribution in [2.24, 2.45) is 0 Å². The van der Waals surface area contributed by atoms with E-state index in [0.29, 0.717) is 19.4 Å². The van der Waals surface area contributed by atoms with Crippen LogP contribution < -0.4 is 10.2 Å². The average molecular weight is 338 g/mol. The molecule has 0 saturated carbocycles. The topological polar surface area (TPSA) is 69.6 Å². The maximum absolute atomic E-state index is 12.6. The summed E-state index contributed by atoms with van der Waals surface area (Å²) in [6, 6.07) is 14.1. The second-order valence-corrected chi connectivity index (χ2v) is 6.32. The van der Waals surface area contributed by atoms with Gasteiger partial charge in [0.2, 0.25) is 11.8 Å². The molecular weight excluding hydrogens is 316 g/mol. The van der Waals surface area contributed by atoms with Crippen molar-refractivity contribution in [3.8, 4) is 5.75 Å². The number of aryl methyl sites for hydroxylation is 1. The lowest BCUT2D eigenvalue weighted by molar-refractivity contribution is -0.127. The first-order chi connectivity index (χ1) is 12.0. The number of para-hydroxylation sites is 1. The Morgan fingerprint density at radius 2 is 1.88 bits per heavy atom. The number of carbonyl (C=O) groups excluding carboxylic acids is 2. The van der Waals surface area contributed by atoms with E-state index in [9.17, 15) is 14.7 Å². The fraction of sp³-hybridized carbons (Fsp3) is 0.300. The Kier molecular flexibility index (Phi) is 5.03. The van der Waals surface area contributed by atoms with E-state index in [4.69, 9.17) is 0 Å². The van der Waals surface area contributed by atoms with Crippen molar-refractivity contribution in [1.82, 2.24) is 5.32 Å². The van der Waals surface area contributed by atoms with Gasteiger partial charge in [-0.25, -0.2) is 0 Å². The fourth-order valence-corrected chi connectivity index (χ4v) is 3.10. The van der Waals surface area contributed by atoms with E-state index < -0.39 is 6.04 Å². The number of amides is 2. The molecule has 0 fully saturated rings. The lowest BCUT2D eigenvalue weighted by Crippen LogP contribution is -2.46. The number of carbonyl (C=O) groups is 2. The highest BCUT2D eigenvalue weighted by molar-refractivity contribution is 6.00. The molecule has 1 aliphatic heterocycles. The zero-order chi connectivity index (χ0) is 17.8. The molecule has 3 rings (SSSR count). The molecule has 0 saturated heterocycles. The minimum atomic E-state index is -0.557. The van der Waals surface area contributed by atoms with Gasteiger partial charge in [-0.1, -0.05) is 30.3 Å². The molecule has 1 aliphatic rings. The third kappa shape index (κ3) is 3.99. The molecule has 5 heteroatoms. The van der Waals surface area contributed by atoms with E-state index in [0.717, 1.165) is 17.7 Å². The Bertz CT molecular complexity index is 771. The van der Waals surface area contributed by atoms with Gasteiger partial charge in [0.1, 0.15) is 11.8 Å². The number of nitrogens with one attached hydrogen (secondary N) is 1. The largest absolute Gasteiger partial charge is 0.508 e. The van der Waals surface area contributed by atoms with Gasteiger partial charge in [0.25, 0.3) is 0 Å². The Hall–Kier alpha value is -2.82. The second kappa shape index (κ2) is 7.38. The number of fused-ring (bicyclic) bond motifs is 1. The minimum absolute atomic E-state index is 0.0806. The molecule has 2 amide bonds. The summed E-state index contributed by atoms with van der Waals surface area (Å²) in [5.74, 6) is -0.0253. The molecule has 2 N–H and O–H groups in total. The summed E-state index contributed by atoms with van der Waals surface area (Å²) in [6.45, 7) is 2.38. The van der Waals surface area contributed by atoms with E-state index >= 15 is 0 Å². The third-order valence-corrected chi connectivity index (χ3v) is 4.48. The lowest BCUT2D eigenvalue weighted by Gasteiger charge is -2.22. The highest BCUT2D eigenvalue weighted by atomic mass is 16.3. The van der Waals surface area contributed by atoms with E-state index in [1.807, 2.05) is 24.3 Å². The summed E-state index contributed by atoms with van der Waals surface area (Å²) in [6.07, 6.45) is 1.72. The highest BCUT2D eigenvalue weighted by Crippen LogP contribution is 2.27. The molecule has 25 heavy (non-hydrogen) atoms. The number of phenolic OH excluding ortho intramolecular Hbond substituents is 1. The molecule has 130 valence electrons. The van der Waals surface area contributed by atoms with Crippen molar-refractivity contribution < 1.29 is 14.7 Å². The van der Waals surface area contributed by atoms with Gasteiger partial charge < -0.3 is 15.3 Å². The quantitative estimate of drug-likeness (QED) is 0.880. The lowest BCUT2D eigenvalue weighted by atomic mass is 10.1. The smallest absolute Gasteiger partial charge is 0.249 e. The van der Waals surface area contributed by atoms with Crippen LogP contribution in [-0.2, 0) is 22.4 Å². The van der Waals surface area contributed by atoms with Crippen LogP contribution in [-0.4, -0.2) is 29.5 Å². The van der Waals surface area contributed by atoms with Gasteiger partial charge in [0, 0.05) is 18.7 Å². The number of benzene rings is 2. The number of phenols is 1. The van der Waals surface area contributed by atoms with E-state index in [-0.39, 0.29) is 17.6 Å². The van der Waals surface area contributed by atoms with Crippen LogP contribution in [0.25, 0.3) is 0 Å². The van der Waals surface area contributed by atoms with Gasteiger partial charge in [-0.3, -0.25) is 9.59 Å². The van der Waals surface area contributed by atoms with Crippen molar-refractivity contribution in [2.45, 2.75) is 32.2 Å². The second-order valence-electron chi connectivity index (χ2n) is 6.32. The standard InChI is InChI=1S/C20H22N2O3/c1-14(20(25)22-13-12-16-4-2-3-5-18(16)22)21-19(24)11-8-15-6-9-17(23)10-7-15/h2-7,9-10,14,23H,8,11-13H2,1H3,(H,21,24). The molecule has 1 unspecified atom stereocenters. The van der Waals surface area contributed by atoms with Gasteiger partial charge in [0.15, 0.2) is 0 Å². The first kappa shape index (κ1) is 17.0. The molecule has 0 radical (unpaired) electrons. The van der Waals surface area contributed by atoms with Crippen molar-refractivity contribution >= 4 is 17.5 Å². The highest BCUT2D eigenvalue weighted by Gasteiger charge is 2.28. The Morgan fingerprint density at radius 1 is 1.16 bits per heavy atom. The Balaban J connectivity index is 1.53. The molecule has 1 heterocycles. The molecule has 0 bridgehead atoms. The number of hydrogen-bond donors (Lipinski definition) is 2. The average Bonchev–Trinajstić information content (AvgIpc) is 3.04. The summed E-state index contributed by atoms with van der Waals surface area (Å²) in [4.78, 5) is 26.5. The normalized spacial score (nSPS) is 14.0. The zero-order valence-corrected chi connectivity index (χ0v) is 14.2. The summed E-state index contributed by atoms with van der Waals surface area (Å²) in [5.41, 5.74) is 3.08. The Morgan fingerprint density at radius 3 is 2.64 bits per heavy atom. The molecule has 5 nitrogen and oxygen atoms in total. The van der Waals surface area contributed by atoms with Crippen molar-refractivity contribution in [2.75, 3.05) is 11.4 Å². The van der Waals surface area contributed by atoms with Gasteiger partial charge in [0.05, 0.1) is 0 Å². The third-order valence-electron chi connectivity index (χ3n) is 4.48. The number of hydrogen-bond acceptors (Lipinski definition) is 3. The van der Waals surface area contributed by atoms with Crippen LogP contribution in [0.15, 0.2) is 48.5 Å². The van der Waals surface area contributed by atoms with Gasteiger partial charge in [-0.05, 0) is 49.1 Å². The predicted octanol–water partition coefficient (Wildman–Crippen LogP) is 2.42. The van der Waals surface area contributed by atoms with Gasteiger partial charge >= 0.3 is 0 Å². The molecule has 1 atom stereocenters. The number of anilines is 1. The zero-order valence-electron chi connectivity index (χ0n) is 14.2.